The van der Waals surface area contributed by atoms with E-state index < -0.39 is 5.54 Å². The molecule has 1 aromatic heterocycles. The third-order valence-electron chi connectivity index (χ3n) is 2.15. The van der Waals surface area contributed by atoms with Gasteiger partial charge in [-0.05, 0) is 27.7 Å². The van der Waals surface area contributed by atoms with Crippen molar-refractivity contribution in [3.05, 3.63) is 17.6 Å². The maximum atomic E-state index is 10.9. The average molecular weight is 222 g/mol. The summed E-state index contributed by atoms with van der Waals surface area (Å²) < 4.78 is 0. The second-order valence-electron chi connectivity index (χ2n) is 4.60. The van der Waals surface area contributed by atoms with Gasteiger partial charge in [0.05, 0.1) is 11.4 Å². The number of nitrogens with zero attached hydrogens (tertiary/aromatic N) is 2. The quantitative estimate of drug-likeness (QED) is 0.801. The predicted octanol–water partition coefficient (Wildman–Crippen LogP) is 1.16. The first-order valence-corrected chi connectivity index (χ1v) is 5.17. The summed E-state index contributed by atoms with van der Waals surface area (Å²) in [5, 5.41) is 3.18. The zero-order valence-corrected chi connectivity index (χ0v) is 10.2. The van der Waals surface area contributed by atoms with E-state index in [9.17, 15) is 4.79 Å². The Morgan fingerprint density at radius 1 is 1.50 bits per heavy atom. The smallest absolute Gasteiger partial charge is 0.219 e. The molecule has 0 spiro atoms. The lowest BCUT2D eigenvalue weighted by Crippen LogP contribution is -2.36. The normalized spacial score (nSPS) is 11.2. The fourth-order valence-electron chi connectivity index (χ4n) is 1.46. The second-order valence-corrected chi connectivity index (χ2v) is 4.60. The number of nitrogens with one attached hydrogen (secondary N) is 1. The molecule has 0 radical (unpaired) electrons. The number of carbonyl (C=O) groups is 1. The minimum Gasteiger partial charge on any atom is -0.370 e. The number of rotatable bonds is 4. The van der Waals surface area contributed by atoms with Gasteiger partial charge in [-0.1, -0.05) is 0 Å². The van der Waals surface area contributed by atoms with Crippen molar-refractivity contribution < 1.29 is 4.79 Å². The van der Waals surface area contributed by atoms with Crippen LogP contribution >= 0.6 is 0 Å². The van der Waals surface area contributed by atoms with Crippen molar-refractivity contribution in [2.75, 3.05) is 5.32 Å². The lowest BCUT2D eigenvalue weighted by atomic mass is 10.0. The van der Waals surface area contributed by atoms with Crippen LogP contribution in [0, 0.1) is 13.8 Å². The van der Waals surface area contributed by atoms with Gasteiger partial charge in [-0.15, -0.1) is 0 Å². The predicted molar refractivity (Wildman–Crippen MR) is 63.0 cm³/mol. The Morgan fingerprint density at radius 2 is 2.12 bits per heavy atom. The number of nitrogens with two attached hydrogens (primary N) is 1. The van der Waals surface area contributed by atoms with E-state index >= 15 is 0 Å². The van der Waals surface area contributed by atoms with Crippen LogP contribution in [-0.4, -0.2) is 21.4 Å². The first kappa shape index (κ1) is 12.4. The van der Waals surface area contributed by atoms with E-state index in [2.05, 4.69) is 15.3 Å². The molecule has 88 valence electrons. The highest BCUT2D eigenvalue weighted by Crippen LogP contribution is 2.18. The summed E-state index contributed by atoms with van der Waals surface area (Å²) in [6.45, 7) is 7.55. The van der Waals surface area contributed by atoms with Crippen LogP contribution < -0.4 is 11.1 Å². The molecule has 0 aromatic carbocycles. The number of primary amides is 1. The summed E-state index contributed by atoms with van der Waals surface area (Å²) in [7, 11) is 0. The van der Waals surface area contributed by atoms with Crippen molar-refractivity contribution in [3.8, 4) is 0 Å². The molecule has 0 aliphatic carbocycles. The van der Waals surface area contributed by atoms with Crippen LogP contribution in [0.25, 0.3) is 0 Å². The molecule has 3 N–H and O–H groups in total. The van der Waals surface area contributed by atoms with Gasteiger partial charge in [-0.2, -0.15) is 0 Å². The Morgan fingerprint density at radius 3 is 2.69 bits per heavy atom. The molecule has 0 aliphatic heterocycles. The molecule has 1 rings (SSSR count). The van der Waals surface area contributed by atoms with E-state index in [-0.39, 0.29) is 12.3 Å². The average Bonchev–Trinajstić information content (AvgIpc) is 2.08. The van der Waals surface area contributed by atoms with Crippen molar-refractivity contribution in [1.82, 2.24) is 9.97 Å². The highest BCUT2D eigenvalue weighted by molar-refractivity contribution is 5.75. The fraction of sp³-hybridized carbons (Fsp3) is 0.545. The lowest BCUT2D eigenvalue weighted by molar-refractivity contribution is -0.118. The van der Waals surface area contributed by atoms with Gasteiger partial charge in [0.1, 0.15) is 5.82 Å². The lowest BCUT2D eigenvalue weighted by Gasteiger charge is -2.26. The van der Waals surface area contributed by atoms with Crippen LogP contribution in [0.2, 0.25) is 0 Å². The molecule has 5 nitrogen and oxygen atoms in total. The summed E-state index contributed by atoms with van der Waals surface area (Å²) >= 11 is 0. The molecule has 0 atom stereocenters. The number of anilines is 1. The molecule has 5 heteroatoms. The minimum absolute atomic E-state index is 0.252. The van der Waals surface area contributed by atoms with Crippen LogP contribution in [0.5, 0.6) is 0 Å². The number of hydrogen-bond donors (Lipinski definition) is 2. The Kier molecular flexibility index (Phi) is 3.47. The van der Waals surface area contributed by atoms with Gasteiger partial charge in [0.2, 0.25) is 5.91 Å². The van der Waals surface area contributed by atoms with Gasteiger partial charge in [0.15, 0.2) is 0 Å². The number of aromatic nitrogens is 2. The Hall–Kier alpha value is -1.65. The maximum absolute atomic E-state index is 10.9. The first-order valence-electron chi connectivity index (χ1n) is 5.17. The molecule has 1 heterocycles. The van der Waals surface area contributed by atoms with Gasteiger partial charge in [-0.25, -0.2) is 4.98 Å². The van der Waals surface area contributed by atoms with Crippen LogP contribution in [0.15, 0.2) is 6.20 Å². The molecule has 1 amide bonds. The van der Waals surface area contributed by atoms with Crippen LogP contribution in [-0.2, 0) is 4.79 Å². The van der Waals surface area contributed by atoms with Crippen molar-refractivity contribution in [2.45, 2.75) is 39.7 Å². The van der Waals surface area contributed by atoms with Crippen LogP contribution in [0.4, 0.5) is 5.82 Å². The molecular weight excluding hydrogens is 204 g/mol. The molecule has 0 aliphatic rings. The highest BCUT2D eigenvalue weighted by Gasteiger charge is 2.21. The van der Waals surface area contributed by atoms with E-state index in [0.717, 1.165) is 11.4 Å². The Labute approximate surface area is 95.5 Å². The third-order valence-corrected chi connectivity index (χ3v) is 2.15. The minimum atomic E-state index is -0.418. The standard InChI is InChI=1S/C11H18N4O/c1-7-6-13-8(2)10(14-7)15-11(3,4)5-9(12)16/h6H,5H2,1-4H3,(H2,12,16)(H,14,15). The number of aryl methyl sites for hydroxylation is 2. The summed E-state index contributed by atoms with van der Waals surface area (Å²) in [5.74, 6) is 0.363. The molecule has 0 unspecified atom stereocenters. The number of carbonyl (C=O) groups excluding carboxylic acids is 1. The fourth-order valence-corrected chi connectivity index (χ4v) is 1.46. The topological polar surface area (TPSA) is 80.9 Å². The van der Waals surface area contributed by atoms with Crippen LogP contribution in [0.1, 0.15) is 31.7 Å². The monoisotopic (exact) mass is 222 g/mol. The van der Waals surface area contributed by atoms with E-state index in [1.807, 2.05) is 27.7 Å². The van der Waals surface area contributed by atoms with Gasteiger partial charge < -0.3 is 11.1 Å². The molecule has 16 heavy (non-hydrogen) atoms. The number of amides is 1. The van der Waals surface area contributed by atoms with Gasteiger partial charge in [0, 0.05) is 18.2 Å². The Bertz CT molecular complexity index is 401. The summed E-state index contributed by atoms with van der Waals surface area (Å²) in [6, 6.07) is 0. The zero-order valence-electron chi connectivity index (χ0n) is 10.2. The first-order chi connectivity index (χ1) is 7.30. The molecule has 0 fully saturated rings. The van der Waals surface area contributed by atoms with Gasteiger partial charge >= 0.3 is 0 Å². The van der Waals surface area contributed by atoms with Crippen LogP contribution in [0.3, 0.4) is 0 Å². The van der Waals surface area contributed by atoms with Gasteiger partial charge in [0.25, 0.3) is 0 Å². The van der Waals surface area contributed by atoms with Crippen molar-refractivity contribution in [1.29, 1.82) is 0 Å². The molecule has 0 bridgehead atoms. The summed E-state index contributed by atoms with van der Waals surface area (Å²) in [5.41, 5.74) is 6.41. The molecule has 0 saturated carbocycles. The van der Waals surface area contributed by atoms with E-state index in [1.54, 1.807) is 6.20 Å². The van der Waals surface area contributed by atoms with Gasteiger partial charge in [-0.3, -0.25) is 9.78 Å². The maximum Gasteiger partial charge on any atom is 0.219 e. The second kappa shape index (κ2) is 4.47. The molecular formula is C11H18N4O. The third kappa shape index (κ3) is 3.49. The SMILES string of the molecule is Cc1cnc(C)c(NC(C)(C)CC(N)=O)n1. The van der Waals surface area contributed by atoms with E-state index in [4.69, 9.17) is 5.73 Å². The largest absolute Gasteiger partial charge is 0.370 e. The van der Waals surface area contributed by atoms with Crippen molar-refractivity contribution >= 4 is 11.7 Å². The number of hydrogen-bond acceptors (Lipinski definition) is 4. The molecule has 1 aromatic rings. The van der Waals surface area contributed by atoms with E-state index in [1.165, 1.54) is 0 Å². The van der Waals surface area contributed by atoms with E-state index in [0.29, 0.717) is 5.82 Å². The highest BCUT2D eigenvalue weighted by atomic mass is 16.1. The Balaban J connectivity index is 2.86. The molecule has 0 saturated heterocycles. The summed E-state index contributed by atoms with van der Waals surface area (Å²) in [4.78, 5) is 19.4. The zero-order chi connectivity index (χ0) is 12.3. The summed E-state index contributed by atoms with van der Waals surface area (Å²) in [6.07, 6.45) is 1.96. The van der Waals surface area contributed by atoms with Crippen molar-refractivity contribution in [3.63, 3.8) is 0 Å². The van der Waals surface area contributed by atoms with Crippen molar-refractivity contribution in [2.24, 2.45) is 5.73 Å².